The van der Waals surface area contributed by atoms with Crippen LogP contribution in [-0.4, -0.2) is 17.8 Å². The van der Waals surface area contributed by atoms with Crippen molar-refractivity contribution < 1.29 is 5.11 Å². The first-order chi connectivity index (χ1) is 7.00. The lowest BCUT2D eigenvalue weighted by atomic mass is 10.2. The van der Waals surface area contributed by atoms with Crippen LogP contribution in [0.5, 0.6) is 0 Å². The van der Waals surface area contributed by atoms with E-state index in [9.17, 15) is 0 Å². The molecule has 3 nitrogen and oxygen atoms in total. The molecular weight excluding hydrogens is 324 g/mol. The normalized spacial score (nSPS) is 12.8. The van der Waals surface area contributed by atoms with E-state index in [0.717, 1.165) is 20.2 Å². The molecule has 0 heterocycles. The summed E-state index contributed by atoms with van der Waals surface area (Å²) in [6, 6.07) is 3.88. The Labute approximate surface area is 106 Å². The molecule has 1 aromatic rings. The highest BCUT2D eigenvalue weighted by molar-refractivity contribution is 9.11. The molecule has 1 rings (SSSR count). The SMILES string of the molecule is C[C@@H](O)CNCc1cc(Br)cc(Br)c1N. The van der Waals surface area contributed by atoms with E-state index < -0.39 is 0 Å². The average Bonchev–Trinajstić information content (AvgIpc) is 2.12. The second-order valence-corrected chi connectivity index (χ2v) is 5.21. The molecular formula is C10H14Br2N2O. The van der Waals surface area contributed by atoms with E-state index in [1.807, 2.05) is 12.1 Å². The van der Waals surface area contributed by atoms with E-state index in [4.69, 9.17) is 10.8 Å². The van der Waals surface area contributed by atoms with Crippen LogP contribution >= 0.6 is 31.9 Å². The second kappa shape index (κ2) is 5.84. The van der Waals surface area contributed by atoms with E-state index in [1.54, 1.807) is 6.92 Å². The summed E-state index contributed by atoms with van der Waals surface area (Å²) in [5, 5.41) is 12.2. The van der Waals surface area contributed by atoms with E-state index in [1.165, 1.54) is 0 Å². The van der Waals surface area contributed by atoms with Crippen molar-refractivity contribution in [2.45, 2.75) is 19.6 Å². The molecule has 5 heteroatoms. The lowest BCUT2D eigenvalue weighted by Crippen LogP contribution is -2.24. The van der Waals surface area contributed by atoms with Gasteiger partial charge in [0.05, 0.1) is 11.8 Å². The summed E-state index contributed by atoms with van der Waals surface area (Å²) in [5.41, 5.74) is 7.64. The molecule has 0 aliphatic heterocycles. The maximum absolute atomic E-state index is 9.10. The van der Waals surface area contributed by atoms with Crippen LogP contribution in [-0.2, 0) is 6.54 Å². The quantitative estimate of drug-likeness (QED) is 0.739. The number of nitrogens with one attached hydrogen (secondary N) is 1. The maximum Gasteiger partial charge on any atom is 0.0636 e. The molecule has 0 aromatic heterocycles. The highest BCUT2D eigenvalue weighted by atomic mass is 79.9. The third kappa shape index (κ3) is 4.10. The molecule has 0 saturated heterocycles. The van der Waals surface area contributed by atoms with E-state index in [2.05, 4.69) is 37.2 Å². The number of hydrogen-bond acceptors (Lipinski definition) is 3. The summed E-state index contributed by atoms with van der Waals surface area (Å²) in [6.45, 7) is 2.95. The van der Waals surface area contributed by atoms with Crippen LogP contribution in [0.15, 0.2) is 21.1 Å². The van der Waals surface area contributed by atoms with Gasteiger partial charge in [0.2, 0.25) is 0 Å². The largest absolute Gasteiger partial charge is 0.398 e. The van der Waals surface area contributed by atoms with Crippen LogP contribution in [0.4, 0.5) is 5.69 Å². The van der Waals surface area contributed by atoms with Gasteiger partial charge in [0.1, 0.15) is 0 Å². The highest BCUT2D eigenvalue weighted by Crippen LogP contribution is 2.27. The van der Waals surface area contributed by atoms with Gasteiger partial charge in [0.25, 0.3) is 0 Å². The Morgan fingerprint density at radius 1 is 1.47 bits per heavy atom. The van der Waals surface area contributed by atoms with E-state index in [0.29, 0.717) is 13.1 Å². The third-order valence-electron chi connectivity index (χ3n) is 1.94. The Morgan fingerprint density at radius 2 is 2.13 bits per heavy atom. The summed E-state index contributed by atoms with van der Waals surface area (Å²) in [5.74, 6) is 0. The number of nitrogens with two attached hydrogens (primary N) is 1. The minimum absolute atomic E-state index is 0.346. The smallest absolute Gasteiger partial charge is 0.0636 e. The molecule has 0 fully saturated rings. The lowest BCUT2D eigenvalue weighted by Gasteiger charge is -2.11. The van der Waals surface area contributed by atoms with Gasteiger partial charge in [-0.2, -0.15) is 0 Å². The Bertz CT molecular complexity index is 342. The van der Waals surface area contributed by atoms with Gasteiger partial charge in [0.15, 0.2) is 0 Å². The number of aliphatic hydroxyl groups excluding tert-OH is 1. The van der Waals surface area contributed by atoms with Crippen LogP contribution in [0, 0.1) is 0 Å². The van der Waals surface area contributed by atoms with Crippen molar-refractivity contribution in [3.05, 3.63) is 26.6 Å². The van der Waals surface area contributed by atoms with Crippen LogP contribution in [0.25, 0.3) is 0 Å². The zero-order valence-corrected chi connectivity index (χ0v) is 11.6. The van der Waals surface area contributed by atoms with Gasteiger partial charge in [-0.3, -0.25) is 0 Å². The summed E-state index contributed by atoms with van der Waals surface area (Å²) >= 11 is 6.79. The number of halogens is 2. The molecule has 0 spiro atoms. The standard InChI is InChI=1S/C10H14Br2N2O/c1-6(15)4-14-5-7-2-8(11)3-9(12)10(7)13/h2-3,6,14-15H,4-5,13H2,1H3/t6-/m1/s1. The topological polar surface area (TPSA) is 58.3 Å². The molecule has 1 aromatic carbocycles. The van der Waals surface area contributed by atoms with Gasteiger partial charge in [-0.1, -0.05) is 15.9 Å². The summed E-state index contributed by atoms with van der Waals surface area (Å²) in [7, 11) is 0. The number of rotatable bonds is 4. The number of benzene rings is 1. The fourth-order valence-electron chi connectivity index (χ4n) is 1.20. The molecule has 0 unspecified atom stereocenters. The highest BCUT2D eigenvalue weighted by Gasteiger charge is 2.05. The van der Waals surface area contributed by atoms with Crippen molar-refractivity contribution in [2.24, 2.45) is 0 Å². The molecule has 84 valence electrons. The Morgan fingerprint density at radius 3 is 2.73 bits per heavy atom. The number of anilines is 1. The molecule has 0 bridgehead atoms. The zero-order valence-electron chi connectivity index (χ0n) is 8.43. The summed E-state index contributed by atoms with van der Waals surface area (Å²) in [4.78, 5) is 0. The number of nitrogen functional groups attached to an aromatic ring is 1. The predicted octanol–water partition coefficient (Wildman–Crippen LogP) is 2.26. The minimum Gasteiger partial charge on any atom is -0.398 e. The number of aliphatic hydroxyl groups is 1. The zero-order chi connectivity index (χ0) is 11.4. The Balaban J connectivity index is 2.68. The van der Waals surface area contributed by atoms with Crippen molar-refractivity contribution in [1.29, 1.82) is 0 Å². The van der Waals surface area contributed by atoms with Crippen molar-refractivity contribution >= 4 is 37.5 Å². The second-order valence-electron chi connectivity index (χ2n) is 3.44. The van der Waals surface area contributed by atoms with Gasteiger partial charge >= 0.3 is 0 Å². The van der Waals surface area contributed by atoms with Gasteiger partial charge in [-0.15, -0.1) is 0 Å². The van der Waals surface area contributed by atoms with E-state index >= 15 is 0 Å². The molecule has 15 heavy (non-hydrogen) atoms. The average molecular weight is 338 g/mol. The summed E-state index contributed by atoms with van der Waals surface area (Å²) < 4.78 is 1.86. The third-order valence-corrected chi connectivity index (χ3v) is 3.05. The Hall–Kier alpha value is -0.100. The molecule has 0 amide bonds. The Kier molecular flexibility index (Phi) is 5.05. The molecule has 0 radical (unpaired) electrons. The first-order valence-electron chi connectivity index (χ1n) is 4.63. The maximum atomic E-state index is 9.10. The molecule has 0 aliphatic rings. The van der Waals surface area contributed by atoms with Crippen LogP contribution in [0.1, 0.15) is 12.5 Å². The van der Waals surface area contributed by atoms with Crippen molar-refractivity contribution in [3.8, 4) is 0 Å². The van der Waals surface area contributed by atoms with Crippen molar-refractivity contribution in [1.82, 2.24) is 5.32 Å². The van der Waals surface area contributed by atoms with Gasteiger partial charge in [0, 0.05) is 22.0 Å². The lowest BCUT2D eigenvalue weighted by molar-refractivity contribution is 0.191. The first kappa shape index (κ1) is 13.0. The van der Waals surface area contributed by atoms with Gasteiger partial charge < -0.3 is 16.2 Å². The molecule has 4 N–H and O–H groups in total. The first-order valence-corrected chi connectivity index (χ1v) is 6.21. The van der Waals surface area contributed by atoms with Gasteiger partial charge in [-0.05, 0) is 40.5 Å². The minimum atomic E-state index is -0.346. The molecule has 0 aliphatic carbocycles. The van der Waals surface area contributed by atoms with Crippen LogP contribution in [0.2, 0.25) is 0 Å². The number of hydrogen-bond donors (Lipinski definition) is 3. The predicted molar refractivity (Wildman–Crippen MR) is 69.6 cm³/mol. The monoisotopic (exact) mass is 336 g/mol. The molecule has 0 saturated carbocycles. The van der Waals surface area contributed by atoms with Gasteiger partial charge in [-0.25, -0.2) is 0 Å². The fourth-order valence-corrected chi connectivity index (χ4v) is 2.51. The fraction of sp³-hybridized carbons (Fsp3) is 0.400. The van der Waals surface area contributed by atoms with Crippen LogP contribution < -0.4 is 11.1 Å². The van der Waals surface area contributed by atoms with E-state index in [-0.39, 0.29) is 6.10 Å². The van der Waals surface area contributed by atoms with Crippen molar-refractivity contribution in [3.63, 3.8) is 0 Å². The summed E-state index contributed by atoms with van der Waals surface area (Å²) in [6.07, 6.45) is -0.346. The van der Waals surface area contributed by atoms with Crippen molar-refractivity contribution in [2.75, 3.05) is 12.3 Å². The molecule has 1 atom stereocenters. The van der Waals surface area contributed by atoms with Crippen LogP contribution in [0.3, 0.4) is 0 Å².